The van der Waals surface area contributed by atoms with Gasteiger partial charge in [0.15, 0.2) is 0 Å². The van der Waals surface area contributed by atoms with E-state index in [2.05, 4.69) is 10.3 Å². The molecule has 1 saturated carbocycles. The molecule has 1 aliphatic rings. The van der Waals surface area contributed by atoms with E-state index in [1.54, 1.807) is 0 Å². The minimum Gasteiger partial charge on any atom is -0.367 e. The van der Waals surface area contributed by atoms with Crippen LogP contribution in [0.15, 0.2) is 35.1 Å². The zero-order valence-corrected chi connectivity index (χ0v) is 10.9. The minimum atomic E-state index is -0.0509. The highest BCUT2D eigenvalue weighted by atomic mass is 16.1. The first-order valence-electron chi connectivity index (χ1n) is 6.88. The third-order valence-electron chi connectivity index (χ3n) is 3.91. The lowest BCUT2D eigenvalue weighted by molar-refractivity contribution is 0.403. The first kappa shape index (κ1) is 12.2. The Hall–Kier alpha value is -1.81. The van der Waals surface area contributed by atoms with E-state index in [0.717, 1.165) is 29.4 Å². The minimum absolute atomic E-state index is 0.0509. The van der Waals surface area contributed by atoms with Crippen LogP contribution in [0, 0.1) is 0 Å². The van der Waals surface area contributed by atoms with E-state index in [-0.39, 0.29) is 17.6 Å². The molecule has 1 aromatic carbocycles. The monoisotopic (exact) mass is 257 g/mol. The topological polar surface area (TPSA) is 70.9 Å². The van der Waals surface area contributed by atoms with Gasteiger partial charge in [0.25, 0.3) is 5.56 Å². The Morgan fingerprint density at radius 3 is 2.84 bits per heavy atom. The number of aromatic nitrogens is 1. The number of pyridine rings is 1. The van der Waals surface area contributed by atoms with E-state index in [4.69, 9.17) is 5.73 Å². The summed E-state index contributed by atoms with van der Waals surface area (Å²) in [5, 5.41) is 5.06. The molecule has 0 aliphatic heterocycles. The van der Waals surface area contributed by atoms with E-state index in [9.17, 15) is 4.79 Å². The SMILES string of the molecule is NC1CCCCC1Nc1cc2ccccc2c(=O)[nH]1. The summed E-state index contributed by atoms with van der Waals surface area (Å²) >= 11 is 0. The lowest BCUT2D eigenvalue weighted by Crippen LogP contribution is -2.42. The molecule has 0 bridgehead atoms. The van der Waals surface area contributed by atoms with E-state index < -0.39 is 0 Å². The van der Waals surface area contributed by atoms with Gasteiger partial charge in [-0.2, -0.15) is 0 Å². The Kier molecular flexibility index (Phi) is 3.25. The first-order valence-corrected chi connectivity index (χ1v) is 6.88. The summed E-state index contributed by atoms with van der Waals surface area (Å²) in [6.07, 6.45) is 4.52. The van der Waals surface area contributed by atoms with Crippen LogP contribution >= 0.6 is 0 Å². The van der Waals surface area contributed by atoms with E-state index in [0.29, 0.717) is 0 Å². The largest absolute Gasteiger partial charge is 0.367 e. The van der Waals surface area contributed by atoms with Gasteiger partial charge in [0, 0.05) is 17.5 Å². The van der Waals surface area contributed by atoms with E-state index in [1.807, 2.05) is 30.3 Å². The molecule has 2 unspecified atom stereocenters. The predicted octanol–water partition coefficient (Wildman–Crippen LogP) is 2.21. The van der Waals surface area contributed by atoms with Crippen molar-refractivity contribution in [2.45, 2.75) is 37.8 Å². The van der Waals surface area contributed by atoms with Gasteiger partial charge in [0.2, 0.25) is 0 Å². The quantitative estimate of drug-likeness (QED) is 0.772. The first-order chi connectivity index (χ1) is 9.24. The molecule has 19 heavy (non-hydrogen) atoms. The van der Waals surface area contributed by atoms with Gasteiger partial charge in [-0.3, -0.25) is 4.79 Å². The second-order valence-corrected chi connectivity index (χ2v) is 5.30. The Morgan fingerprint density at radius 1 is 1.21 bits per heavy atom. The van der Waals surface area contributed by atoms with Crippen LogP contribution in [-0.2, 0) is 0 Å². The number of rotatable bonds is 2. The number of H-pyrrole nitrogens is 1. The highest BCUT2D eigenvalue weighted by Crippen LogP contribution is 2.21. The molecule has 0 radical (unpaired) electrons. The summed E-state index contributed by atoms with van der Waals surface area (Å²) in [7, 11) is 0. The predicted molar refractivity (Wildman–Crippen MR) is 78.4 cm³/mol. The van der Waals surface area contributed by atoms with Gasteiger partial charge in [-0.1, -0.05) is 31.0 Å². The van der Waals surface area contributed by atoms with Crippen LogP contribution in [0.5, 0.6) is 0 Å². The van der Waals surface area contributed by atoms with Gasteiger partial charge < -0.3 is 16.0 Å². The number of hydrogen-bond acceptors (Lipinski definition) is 3. The Bertz CT molecular complexity index is 635. The average Bonchev–Trinajstić information content (AvgIpc) is 2.42. The molecule has 2 atom stereocenters. The maximum absolute atomic E-state index is 12.0. The maximum Gasteiger partial charge on any atom is 0.257 e. The molecular formula is C15H19N3O. The standard InChI is InChI=1S/C15H19N3O/c16-12-7-3-4-8-13(12)17-14-9-10-5-1-2-6-11(10)15(19)18-14/h1-2,5-6,9,12-13H,3-4,7-8,16H2,(H2,17,18,19). The van der Waals surface area contributed by atoms with Crippen LogP contribution in [-0.4, -0.2) is 17.1 Å². The Balaban J connectivity index is 1.91. The van der Waals surface area contributed by atoms with Crippen molar-refractivity contribution >= 4 is 16.6 Å². The molecule has 3 rings (SSSR count). The average molecular weight is 257 g/mol. The van der Waals surface area contributed by atoms with E-state index in [1.165, 1.54) is 12.8 Å². The third-order valence-corrected chi connectivity index (χ3v) is 3.91. The van der Waals surface area contributed by atoms with Crippen LogP contribution in [0.1, 0.15) is 25.7 Å². The van der Waals surface area contributed by atoms with Gasteiger partial charge in [-0.05, 0) is 30.4 Å². The van der Waals surface area contributed by atoms with Crippen molar-refractivity contribution in [1.29, 1.82) is 0 Å². The van der Waals surface area contributed by atoms with Gasteiger partial charge >= 0.3 is 0 Å². The summed E-state index contributed by atoms with van der Waals surface area (Å²) in [5.41, 5.74) is 6.07. The molecule has 4 nitrogen and oxygen atoms in total. The number of nitrogens with one attached hydrogen (secondary N) is 2. The zero-order valence-electron chi connectivity index (χ0n) is 10.9. The Morgan fingerprint density at radius 2 is 2.00 bits per heavy atom. The third kappa shape index (κ3) is 2.49. The number of anilines is 1. The number of hydrogen-bond donors (Lipinski definition) is 3. The molecule has 4 heteroatoms. The van der Waals surface area contributed by atoms with Crippen molar-refractivity contribution in [3.8, 4) is 0 Å². The van der Waals surface area contributed by atoms with Crippen LogP contribution in [0.4, 0.5) is 5.82 Å². The van der Waals surface area contributed by atoms with Crippen molar-refractivity contribution in [3.63, 3.8) is 0 Å². The zero-order chi connectivity index (χ0) is 13.2. The smallest absolute Gasteiger partial charge is 0.257 e. The van der Waals surface area contributed by atoms with Crippen molar-refractivity contribution in [2.24, 2.45) is 5.73 Å². The summed E-state index contributed by atoms with van der Waals surface area (Å²) < 4.78 is 0. The molecule has 2 aromatic rings. The highest BCUT2D eigenvalue weighted by molar-refractivity contribution is 5.83. The fraction of sp³-hybridized carbons (Fsp3) is 0.400. The number of nitrogens with two attached hydrogens (primary N) is 1. The van der Waals surface area contributed by atoms with Gasteiger partial charge in [0.05, 0.1) is 0 Å². The van der Waals surface area contributed by atoms with Gasteiger partial charge in [-0.15, -0.1) is 0 Å². The second kappa shape index (κ2) is 5.05. The van der Waals surface area contributed by atoms with Crippen molar-refractivity contribution < 1.29 is 0 Å². The van der Waals surface area contributed by atoms with Crippen molar-refractivity contribution in [2.75, 3.05) is 5.32 Å². The summed E-state index contributed by atoms with van der Waals surface area (Å²) in [5.74, 6) is 0.769. The lowest BCUT2D eigenvalue weighted by Gasteiger charge is -2.29. The highest BCUT2D eigenvalue weighted by Gasteiger charge is 2.21. The van der Waals surface area contributed by atoms with E-state index >= 15 is 0 Å². The normalized spacial score (nSPS) is 23.4. The molecule has 1 aromatic heterocycles. The maximum atomic E-state index is 12.0. The molecule has 4 N–H and O–H groups in total. The Labute approximate surface area is 112 Å². The summed E-state index contributed by atoms with van der Waals surface area (Å²) in [6.45, 7) is 0. The van der Waals surface area contributed by atoms with Crippen LogP contribution in [0.3, 0.4) is 0 Å². The van der Waals surface area contributed by atoms with Crippen LogP contribution < -0.4 is 16.6 Å². The lowest BCUT2D eigenvalue weighted by atomic mass is 9.91. The fourth-order valence-electron chi connectivity index (χ4n) is 2.83. The summed E-state index contributed by atoms with van der Waals surface area (Å²) in [4.78, 5) is 14.9. The van der Waals surface area contributed by atoms with Crippen LogP contribution in [0.2, 0.25) is 0 Å². The van der Waals surface area contributed by atoms with Gasteiger partial charge in [-0.25, -0.2) is 0 Å². The molecule has 1 aliphatic carbocycles. The van der Waals surface area contributed by atoms with Crippen molar-refractivity contribution in [1.82, 2.24) is 4.98 Å². The fourth-order valence-corrected chi connectivity index (χ4v) is 2.83. The number of aromatic amines is 1. The molecule has 0 spiro atoms. The van der Waals surface area contributed by atoms with Crippen LogP contribution in [0.25, 0.3) is 10.8 Å². The molecule has 1 fully saturated rings. The molecule has 0 amide bonds. The number of fused-ring (bicyclic) bond motifs is 1. The molecule has 1 heterocycles. The molecule has 0 saturated heterocycles. The van der Waals surface area contributed by atoms with Gasteiger partial charge in [0.1, 0.15) is 5.82 Å². The molecule has 100 valence electrons. The summed E-state index contributed by atoms with van der Waals surface area (Å²) in [6, 6.07) is 10.0. The number of benzene rings is 1. The van der Waals surface area contributed by atoms with Crippen molar-refractivity contribution in [3.05, 3.63) is 40.7 Å². The second-order valence-electron chi connectivity index (χ2n) is 5.30. The molecular weight excluding hydrogens is 238 g/mol.